The van der Waals surface area contributed by atoms with Crippen molar-refractivity contribution in [2.75, 3.05) is 19.1 Å². The quantitative estimate of drug-likeness (QED) is 0.380. The Morgan fingerprint density at radius 3 is 2.53 bits per heavy atom. The van der Waals surface area contributed by atoms with E-state index >= 15 is 0 Å². The van der Waals surface area contributed by atoms with Crippen LogP contribution < -0.4 is 14.4 Å². The van der Waals surface area contributed by atoms with Crippen LogP contribution in [0.1, 0.15) is 10.6 Å². The molecule has 3 heterocycles. The summed E-state index contributed by atoms with van der Waals surface area (Å²) in [5.41, 5.74) is 1.43. The SMILES string of the molecule is COc1ccc(OC)c2sc(N(Cc3ccccn3)C(=O)Cc3ccc(Cl)s3)nc12. The Bertz CT molecular complexity index is 1140. The van der Waals surface area contributed by atoms with Gasteiger partial charge in [0.15, 0.2) is 5.13 Å². The molecule has 0 bridgehead atoms. The van der Waals surface area contributed by atoms with Crippen molar-refractivity contribution in [1.82, 2.24) is 9.97 Å². The molecule has 0 aliphatic rings. The van der Waals surface area contributed by atoms with E-state index in [9.17, 15) is 4.79 Å². The zero-order valence-electron chi connectivity index (χ0n) is 16.3. The molecule has 6 nitrogen and oxygen atoms in total. The summed E-state index contributed by atoms with van der Waals surface area (Å²) >= 11 is 8.82. The van der Waals surface area contributed by atoms with Crippen LogP contribution in [0.2, 0.25) is 4.34 Å². The number of aromatic nitrogens is 2. The second-order valence-electron chi connectivity index (χ2n) is 6.33. The van der Waals surface area contributed by atoms with E-state index in [0.29, 0.717) is 33.0 Å². The molecule has 3 aromatic heterocycles. The van der Waals surface area contributed by atoms with Gasteiger partial charge in [0.05, 0.1) is 37.2 Å². The predicted molar refractivity (Wildman–Crippen MR) is 121 cm³/mol. The van der Waals surface area contributed by atoms with Crippen LogP contribution in [0.25, 0.3) is 10.2 Å². The molecule has 0 saturated carbocycles. The summed E-state index contributed by atoms with van der Waals surface area (Å²) in [6, 6.07) is 12.9. The van der Waals surface area contributed by atoms with Gasteiger partial charge in [-0.15, -0.1) is 11.3 Å². The lowest BCUT2D eigenvalue weighted by Gasteiger charge is -2.19. The molecule has 4 aromatic rings. The van der Waals surface area contributed by atoms with E-state index in [1.807, 2.05) is 36.4 Å². The number of nitrogens with zero attached hydrogens (tertiary/aromatic N) is 3. The number of thiophene rings is 1. The van der Waals surface area contributed by atoms with E-state index in [0.717, 1.165) is 15.3 Å². The molecule has 0 aliphatic heterocycles. The Morgan fingerprint density at radius 2 is 1.87 bits per heavy atom. The van der Waals surface area contributed by atoms with Gasteiger partial charge in [-0.05, 0) is 36.4 Å². The van der Waals surface area contributed by atoms with E-state index in [2.05, 4.69) is 4.98 Å². The van der Waals surface area contributed by atoms with Crippen molar-refractivity contribution in [1.29, 1.82) is 0 Å². The number of carbonyl (C=O) groups excluding carboxylic acids is 1. The Balaban J connectivity index is 1.75. The molecule has 0 radical (unpaired) electrons. The van der Waals surface area contributed by atoms with E-state index < -0.39 is 0 Å². The molecule has 0 atom stereocenters. The minimum Gasteiger partial charge on any atom is -0.495 e. The fourth-order valence-corrected chi connectivity index (χ4v) is 5.17. The van der Waals surface area contributed by atoms with Gasteiger partial charge in [0.1, 0.15) is 21.7 Å². The maximum atomic E-state index is 13.3. The number of pyridine rings is 1. The van der Waals surface area contributed by atoms with E-state index in [4.69, 9.17) is 26.1 Å². The summed E-state index contributed by atoms with van der Waals surface area (Å²) in [5.74, 6) is 1.23. The van der Waals surface area contributed by atoms with Gasteiger partial charge in [-0.3, -0.25) is 14.7 Å². The number of halogens is 1. The Labute approximate surface area is 186 Å². The first kappa shape index (κ1) is 20.6. The van der Waals surface area contributed by atoms with Gasteiger partial charge in [0.2, 0.25) is 5.91 Å². The molecule has 0 unspecified atom stereocenters. The summed E-state index contributed by atoms with van der Waals surface area (Å²) in [5, 5.41) is 0.561. The fraction of sp³-hybridized carbons (Fsp3) is 0.190. The van der Waals surface area contributed by atoms with Crippen molar-refractivity contribution in [2.45, 2.75) is 13.0 Å². The Morgan fingerprint density at radius 1 is 1.07 bits per heavy atom. The molecular weight excluding hydrogens is 442 g/mol. The molecule has 0 aliphatic carbocycles. The highest BCUT2D eigenvalue weighted by Crippen LogP contribution is 2.40. The number of hydrogen-bond donors (Lipinski definition) is 0. The number of rotatable bonds is 7. The highest BCUT2D eigenvalue weighted by Gasteiger charge is 2.24. The highest BCUT2D eigenvalue weighted by atomic mass is 35.5. The number of hydrogen-bond acceptors (Lipinski definition) is 7. The zero-order chi connectivity index (χ0) is 21.1. The van der Waals surface area contributed by atoms with Gasteiger partial charge in [0.25, 0.3) is 0 Å². The van der Waals surface area contributed by atoms with Gasteiger partial charge in [0, 0.05) is 11.1 Å². The molecule has 0 spiro atoms. The summed E-state index contributed by atoms with van der Waals surface area (Å²) < 4.78 is 12.4. The van der Waals surface area contributed by atoms with E-state index in [-0.39, 0.29) is 12.3 Å². The Hall–Kier alpha value is -2.68. The van der Waals surface area contributed by atoms with Crippen LogP contribution in [-0.4, -0.2) is 30.1 Å². The van der Waals surface area contributed by atoms with Crippen LogP contribution in [0.4, 0.5) is 5.13 Å². The van der Waals surface area contributed by atoms with Crippen LogP contribution in [-0.2, 0) is 17.8 Å². The smallest absolute Gasteiger partial charge is 0.234 e. The summed E-state index contributed by atoms with van der Waals surface area (Å²) in [4.78, 5) is 24.9. The summed E-state index contributed by atoms with van der Waals surface area (Å²) in [7, 11) is 3.20. The maximum absolute atomic E-state index is 13.3. The third kappa shape index (κ3) is 4.26. The lowest BCUT2D eigenvalue weighted by molar-refractivity contribution is -0.118. The number of anilines is 1. The molecule has 1 amide bonds. The van der Waals surface area contributed by atoms with Gasteiger partial charge in [-0.2, -0.15) is 0 Å². The van der Waals surface area contributed by atoms with Gasteiger partial charge in [-0.25, -0.2) is 4.98 Å². The molecule has 1 aromatic carbocycles. The number of benzene rings is 1. The zero-order valence-corrected chi connectivity index (χ0v) is 18.7. The summed E-state index contributed by atoms with van der Waals surface area (Å²) in [6.07, 6.45) is 1.94. The largest absolute Gasteiger partial charge is 0.495 e. The number of methoxy groups -OCH3 is 2. The number of ether oxygens (including phenoxy) is 2. The first-order valence-corrected chi connectivity index (χ1v) is 11.1. The lowest BCUT2D eigenvalue weighted by atomic mass is 10.3. The second-order valence-corrected chi connectivity index (χ2v) is 9.10. The van der Waals surface area contributed by atoms with Crippen molar-refractivity contribution in [3.8, 4) is 11.5 Å². The molecule has 154 valence electrons. The number of thiazole rings is 1. The minimum atomic E-state index is -0.0869. The minimum absolute atomic E-state index is 0.0869. The van der Waals surface area contributed by atoms with E-state index in [1.54, 1.807) is 31.4 Å². The number of fused-ring (bicyclic) bond motifs is 1. The van der Waals surface area contributed by atoms with Gasteiger partial charge < -0.3 is 9.47 Å². The molecule has 0 saturated heterocycles. The van der Waals surface area contributed by atoms with Crippen molar-refractivity contribution in [2.24, 2.45) is 0 Å². The third-order valence-electron chi connectivity index (χ3n) is 4.43. The lowest BCUT2D eigenvalue weighted by Crippen LogP contribution is -2.31. The van der Waals surface area contributed by atoms with Gasteiger partial charge in [-0.1, -0.05) is 29.0 Å². The number of amides is 1. The monoisotopic (exact) mass is 459 g/mol. The van der Waals surface area contributed by atoms with Crippen LogP contribution in [0.5, 0.6) is 11.5 Å². The fourth-order valence-electron chi connectivity index (χ4n) is 3.00. The van der Waals surface area contributed by atoms with Crippen LogP contribution >= 0.6 is 34.3 Å². The normalized spacial score (nSPS) is 10.9. The van der Waals surface area contributed by atoms with Crippen LogP contribution in [0, 0.1) is 0 Å². The van der Waals surface area contributed by atoms with Crippen LogP contribution in [0.3, 0.4) is 0 Å². The van der Waals surface area contributed by atoms with Crippen molar-refractivity contribution in [3.05, 3.63) is 63.6 Å². The molecule has 30 heavy (non-hydrogen) atoms. The average Bonchev–Trinajstić information content (AvgIpc) is 3.38. The van der Waals surface area contributed by atoms with Crippen LogP contribution in [0.15, 0.2) is 48.7 Å². The summed E-state index contributed by atoms with van der Waals surface area (Å²) in [6.45, 7) is 0.309. The predicted octanol–water partition coefficient (Wildman–Crippen LogP) is 5.20. The topological polar surface area (TPSA) is 64.6 Å². The Kier molecular flexibility index (Phi) is 6.17. The standard InChI is InChI=1S/C21H18ClN3O3S2/c1-27-15-7-8-16(28-2)20-19(15)24-21(30-20)25(12-13-5-3-4-10-23-13)18(26)11-14-6-9-17(22)29-14/h3-10H,11-12H2,1-2H3. The molecule has 0 N–H and O–H groups in total. The van der Waals surface area contributed by atoms with Gasteiger partial charge >= 0.3 is 0 Å². The molecule has 4 rings (SSSR count). The average molecular weight is 460 g/mol. The highest BCUT2D eigenvalue weighted by molar-refractivity contribution is 7.22. The first-order chi connectivity index (χ1) is 14.6. The molecule has 0 fully saturated rings. The third-order valence-corrected chi connectivity index (χ3v) is 6.76. The van der Waals surface area contributed by atoms with Crippen molar-refractivity contribution >= 4 is 55.5 Å². The molecule has 9 heteroatoms. The maximum Gasteiger partial charge on any atom is 0.234 e. The number of carbonyl (C=O) groups is 1. The van der Waals surface area contributed by atoms with Crippen molar-refractivity contribution in [3.63, 3.8) is 0 Å². The molecular formula is C21H18ClN3O3S2. The van der Waals surface area contributed by atoms with Crippen molar-refractivity contribution < 1.29 is 14.3 Å². The first-order valence-electron chi connectivity index (χ1n) is 9.05. The second kappa shape index (κ2) is 8.99. The van der Waals surface area contributed by atoms with E-state index in [1.165, 1.54) is 22.7 Å².